The zero-order valence-corrected chi connectivity index (χ0v) is 18.3. The van der Waals surface area contributed by atoms with Crippen LogP contribution in [-0.2, 0) is 6.54 Å². The average molecular weight is 485 g/mol. The van der Waals surface area contributed by atoms with Gasteiger partial charge in [0.25, 0.3) is 0 Å². The Kier molecular flexibility index (Phi) is 6.04. The molecule has 4 nitrogen and oxygen atoms in total. The van der Waals surface area contributed by atoms with Crippen LogP contribution < -0.4 is 4.80 Å². The molecule has 7 heteroatoms. The molecule has 0 spiro atoms. The molecule has 0 saturated carbocycles. The van der Waals surface area contributed by atoms with E-state index in [0.717, 1.165) is 20.7 Å². The fourth-order valence-electron chi connectivity index (χ4n) is 2.71. The highest BCUT2D eigenvalue weighted by Crippen LogP contribution is 2.23. The van der Waals surface area contributed by atoms with Crippen LogP contribution in [0.2, 0.25) is 5.02 Å². The van der Waals surface area contributed by atoms with Gasteiger partial charge < -0.3 is 0 Å². The minimum atomic E-state index is -0.0192. The minimum absolute atomic E-state index is 0.0192. The van der Waals surface area contributed by atoms with E-state index in [1.807, 2.05) is 66.7 Å². The molecule has 3 aromatic carbocycles. The first-order chi connectivity index (χ1) is 14.1. The van der Waals surface area contributed by atoms with Crippen molar-refractivity contribution in [1.29, 1.82) is 0 Å². The van der Waals surface area contributed by atoms with Crippen molar-refractivity contribution >= 4 is 50.3 Å². The zero-order valence-electron chi connectivity index (χ0n) is 15.1. The summed E-state index contributed by atoms with van der Waals surface area (Å²) in [6.45, 7) is 0.112. The second-order valence-corrected chi connectivity index (χ2v) is 8.54. The molecule has 4 rings (SSSR count). The van der Waals surface area contributed by atoms with Crippen LogP contribution in [0, 0.1) is 0 Å². The van der Waals surface area contributed by atoms with Gasteiger partial charge in [-0.25, -0.2) is 9.67 Å². The Labute approximate surface area is 185 Å². The maximum Gasteiger partial charge on any atom is 0.209 e. The number of carbonyl (C=O) groups excluding carboxylic acids is 1. The molecule has 0 N–H and O–H groups in total. The molecule has 1 heterocycles. The quantitative estimate of drug-likeness (QED) is 0.319. The molecule has 0 radical (unpaired) electrons. The maximum atomic E-state index is 12.7. The van der Waals surface area contributed by atoms with Gasteiger partial charge in [-0.1, -0.05) is 87.4 Å². The lowest BCUT2D eigenvalue weighted by atomic mass is 10.1. The van der Waals surface area contributed by atoms with Crippen LogP contribution in [0.15, 0.2) is 88.3 Å². The van der Waals surface area contributed by atoms with Gasteiger partial charge in [-0.15, -0.1) is 0 Å². The minimum Gasteiger partial charge on any atom is -0.292 e. The molecule has 0 atom stereocenters. The van der Waals surface area contributed by atoms with Gasteiger partial charge in [-0.05, 0) is 30.3 Å². The molecule has 0 saturated heterocycles. The van der Waals surface area contributed by atoms with E-state index in [-0.39, 0.29) is 12.3 Å². The monoisotopic (exact) mass is 483 g/mol. The molecule has 0 amide bonds. The normalized spacial score (nSPS) is 11.6. The smallest absolute Gasteiger partial charge is 0.209 e. The summed E-state index contributed by atoms with van der Waals surface area (Å²) in [4.78, 5) is 18.1. The van der Waals surface area contributed by atoms with Crippen molar-refractivity contribution in [2.75, 3.05) is 0 Å². The molecule has 1 aromatic heterocycles. The van der Waals surface area contributed by atoms with Crippen LogP contribution in [0.4, 0.5) is 5.69 Å². The second-order valence-electron chi connectivity index (χ2n) is 6.24. The number of hydrogen-bond acceptors (Lipinski definition) is 4. The van der Waals surface area contributed by atoms with E-state index in [1.165, 1.54) is 11.3 Å². The molecule has 0 aliphatic rings. The molecule has 0 aliphatic heterocycles. The van der Waals surface area contributed by atoms with Crippen molar-refractivity contribution in [3.05, 3.63) is 98.7 Å². The van der Waals surface area contributed by atoms with E-state index < -0.39 is 0 Å². The van der Waals surface area contributed by atoms with Crippen molar-refractivity contribution < 1.29 is 4.79 Å². The summed E-state index contributed by atoms with van der Waals surface area (Å²) in [5.41, 5.74) is 2.36. The lowest BCUT2D eigenvalue weighted by Crippen LogP contribution is -2.21. The summed E-state index contributed by atoms with van der Waals surface area (Å²) in [7, 11) is 0. The van der Waals surface area contributed by atoms with Crippen LogP contribution >= 0.6 is 38.9 Å². The Morgan fingerprint density at radius 1 is 1.03 bits per heavy atom. The fraction of sp³-hybridized carbons (Fsp3) is 0.0455. The third-order valence-electron chi connectivity index (χ3n) is 4.13. The molecule has 0 unspecified atom stereocenters. The second kappa shape index (κ2) is 8.86. The van der Waals surface area contributed by atoms with Gasteiger partial charge in [0.1, 0.15) is 11.6 Å². The van der Waals surface area contributed by atoms with Gasteiger partial charge in [-0.3, -0.25) is 4.79 Å². The van der Waals surface area contributed by atoms with Gasteiger partial charge in [0.15, 0.2) is 5.78 Å². The number of benzene rings is 3. The highest BCUT2D eigenvalue weighted by molar-refractivity contribution is 9.10. The molecule has 0 fully saturated rings. The molecular weight excluding hydrogens is 470 g/mol. The van der Waals surface area contributed by atoms with E-state index in [0.29, 0.717) is 15.4 Å². The third-order valence-corrected chi connectivity index (χ3v) is 5.87. The fourth-order valence-corrected chi connectivity index (χ4v) is 4.15. The van der Waals surface area contributed by atoms with E-state index in [9.17, 15) is 4.79 Å². The maximum absolute atomic E-state index is 12.7. The Balaban J connectivity index is 1.77. The number of aromatic nitrogens is 2. The topological polar surface area (TPSA) is 47.2 Å². The van der Waals surface area contributed by atoms with Crippen molar-refractivity contribution in [2.45, 2.75) is 6.54 Å². The van der Waals surface area contributed by atoms with Gasteiger partial charge in [0.2, 0.25) is 4.80 Å². The molecule has 29 heavy (non-hydrogen) atoms. The Morgan fingerprint density at radius 3 is 2.52 bits per heavy atom. The van der Waals surface area contributed by atoms with Crippen molar-refractivity contribution in [3.8, 4) is 10.6 Å². The SMILES string of the molecule is O=C(Cn1nc(-c2ccc(Cl)cc2)sc1=Nc1cccc(Br)c1)c1ccccc1. The van der Waals surface area contributed by atoms with Gasteiger partial charge in [-0.2, -0.15) is 5.10 Å². The zero-order chi connectivity index (χ0) is 20.2. The van der Waals surface area contributed by atoms with E-state index in [2.05, 4.69) is 21.0 Å². The molecule has 0 bridgehead atoms. The Hall–Kier alpha value is -2.54. The van der Waals surface area contributed by atoms with Gasteiger partial charge >= 0.3 is 0 Å². The van der Waals surface area contributed by atoms with E-state index in [4.69, 9.17) is 16.6 Å². The Morgan fingerprint density at radius 2 is 1.79 bits per heavy atom. The first-order valence-electron chi connectivity index (χ1n) is 8.81. The van der Waals surface area contributed by atoms with Gasteiger partial charge in [0, 0.05) is 20.6 Å². The summed E-state index contributed by atoms with van der Waals surface area (Å²) in [5.74, 6) is -0.0192. The molecule has 144 valence electrons. The first kappa shape index (κ1) is 19.8. The van der Waals surface area contributed by atoms with Crippen molar-refractivity contribution in [3.63, 3.8) is 0 Å². The largest absolute Gasteiger partial charge is 0.292 e. The summed E-state index contributed by atoms with van der Waals surface area (Å²) in [5, 5.41) is 6.10. The van der Waals surface area contributed by atoms with Crippen LogP contribution in [0.3, 0.4) is 0 Å². The van der Waals surface area contributed by atoms with Gasteiger partial charge in [0.05, 0.1) is 5.69 Å². The summed E-state index contributed by atoms with van der Waals surface area (Å²) in [6.07, 6.45) is 0. The molecular formula is C22H15BrClN3OS. The first-order valence-corrected chi connectivity index (χ1v) is 10.8. The number of carbonyl (C=O) groups is 1. The summed E-state index contributed by atoms with van der Waals surface area (Å²) in [6, 6.07) is 24.4. The number of halogens is 2. The highest BCUT2D eigenvalue weighted by Gasteiger charge is 2.12. The lowest BCUT2D eigenvalue weighted by Gasteiger charge is -2.02. The predicted octanol–water partition coefficient (Wildman–Crippen LogP) is 6.14. The highest BCUT2D eigenvalue weighted by atomic mass is 79.9. The lowest BCUT2D eigenvalue weighted by molar-refractivity contribution is 0.0966. The van der Waals surface area contributed by atoms with E-state index >= 15 is 0 Å². The van der Waals surface area contributed by atoms with Crippen molar-refractivity contribution in [2.24, 2.45) is 4.99 Å². The van der Waals surface area contributed by atoms with Crippen LogP contribution in [0.25, 0.3) is 10.6 Å². The van der Waals surface area contributed by atoms with E-state index in [1.54, 1.807) is 16.8 Å². The third kappa shape index (κ3) is 4.90. The average Bonchev–Trinajstić information content (AvgIpc) is 3.11. The number of hydrogen-bond donors (Lipinski definition) is 0. The summed E-state index contributed by atoms with van der Waals surface area (Å²) >= 11 is 10.9. The Bertz CT molecular complexity index is 1220. The number of Topliss-reactive ketones (excluding diaryl/α,β-unsaturated/α-hetero) is 1. The predicted molar refractivity (Wildman–Crippen MR) is 121 cm³/mol. The summed E-state index contributed by atoms with van der Waals surface area (Å²) < 4.78 is 2.60. The number of ketones is 1. The number of rotatable bonds is 5. The van der Waals surface area contributed by atoms with Crippen LogP contribution in [0.5, 0.6) is 0 Å². The van der Waals surface area contributed by atoms with Crippen molar-refractivity contribution in [1.82, 2.24) is 9.78 Å². The van der Waals surface area contributed by atoms with Crippen LogP contribution in [0.1, 0.15) is 10.4 Å². The molecule has 0 aliphatic carbocycles. The molecule has 4 aromatic rings. The standard InChI is InChI=1S/C22H15BrClN3OS/c23-17-7-4-8-19(13-17)25-22-27(14-20(28)15-5-2-1-3-6-15)26-21(29-22)16-9-11-18(24)12-10-16/h1-13H,14H2. The number of nitrogens with zero attached hydrogens (tertiary/aromatic N) is 3. The van der Waals surface area contributed by atoms with Crippen LogP contribution in [-0.4, -0.2) is 15.6 Å².